The van der Waals surface area contributed by atoms with Crippen LogP contribution in [-0.2, 0) is 11.2 Å². The molecule has 1 aromatic heterocycles. The van der Waals surface area contributed by atoms with Gasteiger partial charge in [-0.3, -0.25) is 0 Å². The van der Waals surface area contributed by atoms with Crippen molar-refractivity contribution >= 4 is 27.3 Å². The maximum Gasteiger partial charge on any atom is 0.227 e. The van der Waals surface area contributed by atoms with Crippen molar-refractivity contribution in [2.45, 2.75) is 18.6 Å². The van der Waals surface area contributed by atoms with Gasteiger partial charge in [0.15, 0.2) is 0 Å². The molecular weight excluding hydrogens is 278 g/mol. The van der Waals surface area contributed by atoms with Crippen LogP contribution in [0.2, 0.25) is 0 Å². The fourth-order valence-electron chi connectivity index (χ4n) is 3.31. The summed E-state index contributed by atoms with van der Waals surface area (Å²) in [4.78, 5) is 6.00. The lowest BCUT2D eigenvalue weighted by Gasteiger charge is -2.07. The zero-order valence-corrected chi connectivity index (χ0v) is 12.1. The Morgan fingerprint density at radius 3 is 2.86 bits per heavy atom. The van der Waals surface area contributed by atoms with Crippen LogP contribution < -0.4 is 0 Å². The average molecular weight is 291 g/mol. The summed E-state index contributed by atoms with van der Waals surface area (Å²) in [6, 6.07) is 19.4. The minimum Gasteiger partial charge on any atom is -0.471 e. The Hall–Kier alpha value is -2.13. The minimum atomic E-state index is 0.182. The normalized spacial score (nSPS) is 22.8. The molecule has 2 atom stereocenters. The van der Waals surface area contributed by atoms with E-state index in [1.807, 2.05) is 0 Å². The first-order chi connectivity index (χ1) is 10.4. The second kappa shape index (κ2) is 4.18. The number of hydrogen-bond donors (Lipinski definition) is 0. The number of benzene rings is 2. The summed E-state index contributed by atoms with van der Waals surface area (Å²) in [5.41, 5.74) is 2.71. The molecule has 2 heterocycles. The lowest BCUT2D eigenvalue weighted by molar-refractivity contribution is 0.207. The smallest absolute Gasteiger partial charge is 0.227 e. The molecule has 3 heteroatoms. The van der Waals surface area contributed by atoms with Crippen molar-refractivity contribution in [1.82, 2.24) is 0 Å². The molecule has 0 radical (unpaired) electrons. The fourth-order valence-corrected chi connectivity index (χ4v) is 4.31. The summed E-state index contributed by atoms with van der Waals surface area (Å²) < 4.78 is 7.43. The molecular formula is C18H13NOS. The molecule has 5 rings (SSSR count). The molecule has 2 aliphatic rings. The third-order valence-corrected chi connectivity index (χ3v) is 5.41. The molecule has 0 bridgehead atoms. The van der Waals surface area contributed by atoms with Gasteiger partial charge < -0.3 is 4.74 Å². The van der Waals surface area contributed by atoms with Gasteiger partial charge in [0.2, 0.25) is 5.90 Å². The molecule has 0 N–H and O–H groups in total. The van der Waals surface area contributed by atoms with Crippen LogP contribution in [0, 0.1) is 0 Å². The van der Waals surface area contributed by atoms with Crippen LogP contribution in [0.3, 0.4) is 0 Å². The summed E-state index contributed by atoms with van der Waals surface area (Å²) in [6.45, 7) is 0. The molecule has 3 aromatic rings. The van der Waals surface area contributed by atoms with Gasteiger partial charge in [0, 0.05) is 11.1 Å². The SMILES string of the molecule is c1ccc2c(c1)C[C@H]1OC(c3cc4ccccc4s3)=N[C@@H]21. The molecule has 0 fully saturated rings. The lowest BCUT2D eigenvalue weighted by atomic mass is 10.1. The van der Waals surface area contributed by atoms with Gasteiger partial charge in [0.1, 0.15) is 12.1 Å². The van der Waals surface area contributed by atoms with Gasteiger partial charge in [0.25, 0.3) is 0 Å². The number of ether oxygens (including phenoxy) is 1. The zero-order chi connectivity index (χ0) is 13.8. The van der Waals surface area contributed by atoms with Gasteiger partial charge in [-0.2, -0.15) is 0 Å². The van der Waals surface area contributed by atoms with Crippen molar-refractivity contribution in [3.8, 4) is 0 Å². The largest absolute Gasteiger partial charge is 0.471 e. The molecule has 0 saturated heterocycles. The summed E-state index contributed by atoms with van der Waals surface area (Å²) in [5.74, 6) is 0.820. The number of rotatable bonds is 1. The highest BCUT2D eigenvalue weighted by Crippen LogP contribution is 2.41. The third kappa shape index (κ3) is 1.67. The van der Waals surface area contributed by atoms with Crippen molar-refractivity contribution in [1.29, 1.82) is 0 Å². The Morgan fingerprint density at radius 2 is 1.90 bits per heavy atom. The van der Waals surface area contributed by atoms with E-state index in [0.717, 1.165) is 17.2 Å². The van der Waals surface area contributed by atoms with E-state index in [4.69, 9.17) is 9.73 Å². The van der Waals surface area contributed by atoms with Crippen LogP contribution >= 0.6 is 11.3 Å². The molecule has 1 aliphatic carbocycles. The Labute approximate surface area is 126 Å². The van der Waals surface area contributed by atoms with Gasteiger partial charge in [-0.1, -0.05) is 42.5 Å². The van der Waals surface area contributed by atoms with E-state index in [9.17, 15) is 0 Å². The van der Waals surface area contributed by atoms with Gasteiger partial charge in [0.05, 0.1) is 4.88 Å². The highest BCUT2D eigenvalue weighted by molar-refractivity contribution is 7.20. The van der Waals surface area contributed by atoms with Crippen molar-refractivity contribution in [2.75, 3.05) is 0 Å². The van der Waals surface area contributed by atoms with Gasteiger partial charge in [-0.25, -0.2) is 4.99 Å². The predicted octanol–water partition coefficient (Wildman–Crippen LogP) is 4.34. The van der Waals surface area contributed by atoms with Crippen LogP contribution in [0.1, 0.15) is 22.0 Å². The summed E-state index contributed by atoms with van der Waals surface area (Å²) in [7, 11) is 0. The quantitative estimate of drug-likeness (QED) is 0.653. The van der Waals surface area contributed by atoms with Crippen molar-refractivity contribution in [3.63, 3.8) is 0 Å². The fraction of sp³-hybridized carbons (Fsp3) is 0.167. The van der Waals surface area contributed by atoms with Crippen LogP contribution in [0.5, 0.6) is 0 Å². The standard InChI is InChI=1S/C18H13NOS/c1-3-7-13-11(5-1)9-14-17(13)19-18(20-14)16-10-12-6-2-4-8-15(12)21-16/h1-8,10,14,17H,9H2/t14-,17+/m1/s1. The van der Waals surface area contributed by atoms with E-state index in [1.165, 1.54) is 21.2 Å². The number of fused-ring (bicyclic) bond motifs is 4. The van der Waals surface area contributed by atoms with Crippen LogP contribution in [0.4, 0.5) is 0 Å². The first kappa shape index (κ1) is 11.5. The van der Waals surface area contributed by atoms with E-state index in [1.54, 1.807) is 11.3 Å². The Kier molecular flexibility index (Phi) is 2.29. The summed E-state index contributed by atoms with van der Waals surface area (Å²) >= 11 is 1.76. The molecule has 102 valence electrons. The van der Waals surface area contributed by atoms with E-state index in [2.05, 4.69) is 54.6 Å². The maximum atomic E-state index is 6.14. The highest BCUT2D eigenvalue weighted by Gasteiger charge is 2.39. The molecule has 0 amide bonds. The van der Waals surface area contributed by atoms with Crippen LogP contribution in [0.15, 0.2) is 59.6 Å². The first-order valence-electron chi connectivity index (χ1n) is 7.20. The Morgan fingerprint density at radius 1 is 1.05 bits per heavy atom. The van der Waals surface area contributed by atoms with Crippen molar-refractivity contribution in [2.24, 2.45) is 4.99 Å². The van der Waals surface area contributed by atoms with E-state index < -0.39 is 0 Å². The maximum absolute atomic E-state index is 6.14. The van der Waals surface area contributed by atoms with Crippen molar-refractivity contribution < 1.29 is 4.74 Å². The molecule has 0 unspecified atom stereocenters. The molecule has 2 nitrogen and oxygen atoms in total. The second-order valence-electron chi connectivity index (χ2n) is 5.59. The Balaban J connectivity index is 1.58. The first-order valence-corrected chi connectivity index (χ1v) is 8.01. The summed E-state index contributed by atoms with van der Waals surface area (Å²) in [6.07, 6.45) is 1.15. The van der Waals surface area contributed by atoms with E-state index >= 15 is 0 Å². The zero-order valence-electron chi connectivity index (χ0n) is 11.3. The lowest BCUT2D eigenvalue weighted by Crippen LogP contribution is -2.12. The van der Waals surface area contributed by atoms with E-state index in [0.29, 0.717) is 0 Å². The molecule has 0 spiro atoms. The van der Waals surface area contributed by atoms with Gasteiger partial charge >= 0.3 is 0 Å². The Bertz CT molecular complexity index is 847. The average Bonchev–Trinajstić information content (AvgIpc) is 3.18. The number of thiophene rings is 1. The van der Waals surface area contributed by atoms with Gasteiger partial charge in [-0.05, 0) is 28.6 Å². The topological polar surface area (TPSA) is 21.6 Å². The van der Waals surface area contributed by atoms with Crippen LogP contribution in [-0.4, -0.2) is 12.0 Å². The van der Waals surface area contributed by atoms with Crippen LogP contribution in [0.25, 0.3) is 10.1 Å². The highest BCUT2D eigenvalue weighted by atomic mass is 32.1. The van der Waals surface area contributed by atoms with E-state index in [-0.39, 0.29) is 12.1 Å². The predicted molar refractivity (Wildman–Crippen MR) is 86.1 cm³/mol. The number of nitrogens with zero attached hydrogens (tertiary/aromatic N) is 1. The number of aliphatic imine (C=N–C) groups is 1. The molecule has 21 heavy (non-hydrogen) atoms. The molecule has 1 aliphatic heterocycles. The monoisotopic (exact) mass is 291 g/mol. The van der Waals surface area contributed by atoms with Gasteiger partial charge in [-0.15, -0.1) is 11.3 Å². The summed E-state index contributed by atoms with van der Waals surface area (Å²) in [5, 5.41) is 1.27. The number of hydrogen-bond acceptors (Lipinski definition) is 3. The van der Waals surface area contributed by atoms with Crippen molar-refractivity contribution in [3.05, 3.63) is 70.6 Å². The minimum absolute atomic E-state index is 0.182. The molecule has 0 saturated carbocycles. The second-order valence-corrected chi connectivity index (χ2v) is 6.67. The molecule has 2 aromatic carbocycles. The third-order valence-electron chi connectivity index (χ3n) is 4.30.